The first kappa shape index (κ1) is 17.8. The molecule has 1 atom stereocenters. The molecular formula is C18H28N6O. The number of nitrogens with zero attached hydrogens (tertiary/aromatic N) is 6. The fourth-order valence-corrected chi connectivity index (χ4v) is 3.29. The Morgan fingerprint density at radius 3 is 3.04 bits per heavy atom. The Balaban J connectivity index is 1.45. The van der Waals surface area contributed by atoms with Crippen LogP contribution >= 0.6 is 0 Å². The lowest BCUT2D eigenvalue weighted by molar-refractivity contribution is -0.0241. The van der Waals surface area contributed by atoms with Crippen LogP contribution in [0.2, 0.25) is 0 Å². The first-order chi connectivity index (χ1) is 12.2. The maximum atomic E-state index is 5.99. The van der Waals surface area contributed by atoms with Crippen molar-refractivity contribution in [2.45, 2.75) is 25.9 Å². The van der Waals surface area contributed by atoms with E-state index in [1.807, 2.05) is 30.1 Å². The molecule has 7 heteroatoms. The van der Waals surface area contributed by atoms with Crippen LogP contribution in [-0.2, 0) is 18.2 Å². The van der Waals surface area contributed by atoms with Gasteiger partial charge in [0.2, 0.25) is 0 Å². The minimum atomic E-state index is 0.217. The van der Waals surface area contributed by atoms with E-state index in [4.69, 9.17) is 4.74 Å². The van der Waals surface area contributed by atoms with Gasteiger partial charge >= 0.3 is 0 Å². The number of ether oxygens (including phenoxy) is 1. The van der Waals surface area contributed by atoms with Crippen LogP contribution in [0.3, 0.4) is 0 Å². The van der Waals surface area contributed by atoms with Gasteiger partial charge in [-0.25, -0.2) is 0 Å². The molecule has 25 heavy (non-hydrogen) atoms. The van der Waals surface area contributed by atoms with Crippen molar-refractivity contribution in [3.8, 4) is 0 Å². The third-order valence-corrected chi connectivity index (χ3v) is 4.61. The van der Waals surface area contributed by atoms with Gasteiger partial charge in [0.25, 0.3) is 0 Å². The Hall–Kier alpha value is -1.99. The van der Waals surface area contributed by atoms with E-state index in [-0.39, 0.29) is 6.10 Å². The number of likely N-dealkylation sites (N-methyl/N-ethyl adjacent to an activating group) is 1. The van der Waals surface area contributed by atoms with Crippen molar-refractivity contribution in [1.82, 2.24) is 24.9 Å². The molecule has 3 heterocycles. The van der Waals surface area contributed by atoms with Gasteiger partial charge in [0.05, 0.1) is 18.9 Å². The molecule has 1 aliphatic rings. The predicted octanol–water partition coefficient (Wildman–Crippen LogP) is 1.37. The molecule has 0 amide bonds. The molecule has 3 rings (SSSR count). The summed E-state index contributed by atoms with van der Waals surface area (Å²) in [4.78, 5) is 4.74. The zero-order chi connectivity index (χ0) is 17.5. The van der Waals surface area contributed by atoms with Gasteiger partial charge in [-0.2, -0.15) is 10.2 Å². The molecule has 0 N–H and O–H groups in total. The Bertz CT molecular complexity index is 632. The van der Waals surface area contributed by atoms with Crippen LogP contribution in [0.1, 0.15) is 18.9 Å². The largest absolute Gasteiger partial charge is 0.374 e. The summed E-state index contributed by atoms with van der Waals surface area (Å²) < 4.78 is 7.85. The smallest absolute Gasteiger partial charge is 0.151 e. The first-order valence-electron chi connectivity index (χ1n) is 9.08. The summed E-state index contributed by atoms with van der Waals surface area (Å²) in [7, 11) is 1.96. The average Bonchev–Trinajstić information content (AvgIpc) is 3.06. The van der Waals surface area contributed by atoms with Crippen molar-refractivity contribution in [3.63, 3.8) is 0 Å². The van der Waals surface area contributed by atoms with Crippen LogP contribution in [-0.4, -0.2) is 70.3 Å². The van der Waals surface area contributed by atoms with Gasteiger partial charge < -0.3 is 9.64 Å². The molecule has 0 saturated carbocycles. The maximum absolute atomic E-state index is 5.99. The molecule has 0 aliphatic carbocycles. The Morgan fingerprint density at radius 1 is 1.40 bits per heavy atom. The van der Waals surface area contributed by atoms with Crippen LogP contribution in [0, 0.1) is 0 Å². The summed E-state index contributed by atoms with van der Waals surface area (Å²) in [5, 5.41) is 12.4. The van der Waals surface area contributed by atoms with E-state index in [1.165, 1.54) is 5.56 Å². The third kappa shape index (κ3) is 5.24. The van der Waals surface area contributed by atoms with Gasteiger partial charge in [-0.1, -0.05) is 0 Å². The van der Waals surface area contributed by atoms with Gasteiger partial charge in [0, 0.05) is 45.6 Å². The van der Waals surface area contributed by atoms with Crippen LogP contribution in [0.25, 0.3) is 0 Å². The molecule has 0 radical (unpaired) electrons. The average molecular weight is 344 g/mol. The lowest BCUT2D eigenvalue weighted by Gasteiger charge is -2.35. The van der Waals surface area contributed by atoms with Crippen molar-refractivity contribution in [2.75, 3.05) is 44.2 Å². The second kappa shape index (κ2) is 8.92. The van der Waals surface area contributed by atoms with E-state index in [9.17, 15) is 0 Å². The van der Waals surface area contributed by atoms with Gasteiger partial charge in [-0.05, 0) is 44.0 Å². The molecular weight excluding hydrogens is 316 g/mol. The number of anilines is 1. The molecule has 2 aromatic heterocycles. The van der Waals surface area contributed by atoms with E-state index < -0.39 is 0 Å². The number of hydrogen-bond acceptors (Lipinski definition) is 6. The lowest BCUT2D eigenvalue weighted by atomic mass is 10.1. The fraction of sp³-hybridized carbons (Fsp3) is 0.611. The summed E-state index contributed by atoms with van der Waals surface area (Å²) in [6, 6.07) is 3.93. The standard InChI is InChI=1S/C18H28N6O/c1-3-24(18-7-4-8-19-21-18)15-17-14-23(10-11-25-17)9-5-6-16-12-20-22(2)13-16/h4,7-8,12-13,17H,3,5-6,9-11,14-15H2,1-2H3/t17-/m1/s1. The zero-order valence-electron chi connectivity index (χ0n) is 15.2. The summed E-state index contributed by atoms with van der Waals surface area (Å²) in [6.45, 7) is 7.79. The van der Waals surface area contributed by atoms with Gasteiger partial charge in [-0.15, -0.1) is 5.10 Å². The first-order valence-corrected chi connectivity index (χ1v) is 9.08. The van der Waals surface area contributed by atoms with E-state index in [2.05, 4.69) is 38.2 Å². The predicted molar refractivity (Wildman–Crippen MR) is 97.6 cm³/mol. The quantitative estimate of drug-likeness (QED) is 0.721. The molecule has 136 valence electrons. The molecule has 0 aromatic carbocycles. The van der Waals surface area contributed by atoms with Crippen molar-refractivity contribution in [2.24, 2.45) is 7.05 Å². The van der Waals surface area contributed by atoms with E-state index >= 15 is 0 Å². The van der Waals surface area contributed by atoms with Crippen LogP contribution in [0.5, 0.6) is 0 Å². The topological polar surface area (TPSA) is 59.3 Å². The molecule has 0 bridgehead atoms. The summed E-state index contributed by atoms with van der Waals surface area (Å²) >= 11 is 0. The monoisotopic (exact) mass is 344 g/mol. The Labute approximate surface area is 149 Å². The number of hydrogen-bond donors (Lipinski definition) is 0. The van der Waals surface area contributed by atoms with Crippen LogP contribution < -0.4 is 4.90 Å². The normalized spacial score (nSPS) is 18.4. The van der Waals surface area contributed by atoms with E-state index in [0.717, 1.165) is 58.0 Å². The van der Waals surface area contributed by atoms with Crippen molar-refractivity contribution >= 4 is 5.82 Å². The van der Waals surface area contributed by atoms with Gasteiger partial charge in [-0.3, -0.25) is 9.58 Å². The minimum absolute atomic E-state index is 0.217. The Morgan fingerprint density at radius 2 is 2.32 bits per heavy atom. The highest BCUT2D eigenvalue weighted by Crippen LogP contribution is 2.13. The van der Waals surface area contributed by atoms with Crippen LogP contribution in [0.4, 0.5) is 5.82 Å². The van der Waals surface area contributed by atoms with E-state index in [0.29, 0.717) is 0 Å². The summed E-state index contributed by atoms with van der Waals surface area (Å²) in [5.74, 6) is 0.919. The lowest BCUT2D eigenvalue weighted by Crippen LogP contribution is -2.48. The highest BCUT2D eigenvalue weighted by molar-refractivity contribution is 5.36. The highest BCUT2D eigenvalue weighted by Gasteiger charge is 2.22. The second-order valence-corrected chi connectivity index (χ2v) is 6.54. The maximum Gasteiger partial charge on any atom is 0.151 e. The van der Waals surface area contributed by atoms with Crippen molar-refractivity contribution in [1.29, 1.82) is 0 Å². The van der Waals surface area contributed by atoms with Crippen molar-refractivity contribution < 1.29 is 4.74 Å². The van der Waals surface area contributed by atoms with Crippen molar-refractivity contribution in [3.05, 3.63) is 36.3 Å². The number of aromatic nitrogens is 4. The molecule has 1 fully saturated rings. The molecule has 0 unspecified atom stereocenters. The molecule has 0 spiro atoms. The molecule has 1 aliphatic heterocycles. The van der Waals surface area contributed by atoms with Crippen LogP contribution in [0.15, 0.2) is 30.7 Å². The highest BCUT2D eigenvalue weighted by atomic mass is 16.5. The van der Waals surface area contributed by atoms with E-state index in [1.54, 1.807) is 6.20 Å². The summed E-state index contributed by atoms with van der Waals surface area (Å²) in [6.07, 6.45) is 8.22. The zero-order valence-corrected chi connectivity index (χ0v) is 15.2. The third-order valence-electron chi connectivity index (χ3n) is 4.61. The Kier molecular flexibility index (Phi) is 6.36. The van der Waals surface area contributed by atoms with Gasteiger partial charge in [0.15, 0.2) is 5.82 Å². The number of aryl methyl sites for hydroxylation is 2. The number of rotatable bonds is 8. The SMILES string of the molecule is CCN(C[C@H]1CN(CCCc2cnn(C)c2)CCO1)c1cccnn1. The fourth-order valence-electron chi connectivity index (χ4n) is 3.29. The molecule has 1 saturated heterocycles. The molecule has 2 aromatic rings. The molecule has 7 nitrogen and oxygen atoms in total. The summed E-state index contributed by atoms with van der Waals surface area (Å²) in [5.41, 5.74) is 1.31. The minimum Gasteiger partial charge on any atom is -0.374 e. The number of morpholine rings is 1. The second-order valence-electron chi connectivity index (χ2n) is 6.54. The van der Waals surface area contributed by atoms with Gasteiger partial charge in [0.1, 0.15) is 0 Å².